The highest BCUT2D eigenvalue weighted by Crippen LogP contribution is 2.12. The first-order valence-corrected chi connectivity index (χ1v) is 9.82. The van der Waals surface area contributed by atoms with E-state index in [-0.39, 0.29) is 65.3 Å². The van der Waals surface area contributed by atoms with Gasteiger partial charge in [-0.1, -0.05) is 0 Å². The summed E-state index contributed by atoms with van der Waals surface area (Å²) in [6.07, 6.45) is 0.0739. The predicted molar refractivity (Wildman–Crippen MR) is 97.6 cm³/mol. The van der Waals surface area contributed by atoms with Crippen molar-refractivity contribution in [1.29, 1.82) is 0 Å². The van der Waals surface area contributed by atoms with Crippen molar-refractivity contribution < 1.29 is 57.4 Å². The molecule has 14 heteroatoms. The second-order valence-electron chi connectivity index (χ2n) is 6.42. The van der Waals surface area contributed by atoms with Gasteiger partial charge < -0.3 is 28.6 Å². The predicted octanol–water partition coefficient (Wildman–Crippen LogP) is -1.73. The van der Waals surface area contributed by atoms with E-state index in [4.69, 9.17) is 18.9 Å². The van der Waals surface area contributed by atoms with Crippen molar-refractivity contribution in [3.8, 4) is 0 Å². The zero-order valence-electron chi connectivity index (χ0n) is 17.3. The number of ether oxygens (including phenoxy) is 4. The van der Waals surface area contributed by atoms with Crippen LogP contribution in [-0.2, 0) is 57.4 Å². The zero-order valence-corrected chi connectivity index (χ0v) is 17.3. The molecule has 178 valence electrons. The van der Waals surface area contributed by atoms with Gasteiger partial charge >= 0.3 is 11.9 Å². The molecule has 0 aromatic heterocycles. The third-order valence-corrected chi connectivity index (χ3v) is 3.95. The van der Waals surface area contributed by atoms with Crippen molar-refractivity contribution in [2.75, 3.05) is 52.9 Å². The van der Waals surface area contributed by atoms with Gasteiger partial charge in [0.25, 0.3) is 23.6 Å². The Kier molecular flexibility index (Phi) is 10.7. The molecule has 32 heavy (non-hydrogen) atoms. The average Bonchev–Trinajstić information content (AvgIpc) is 3.24. The minimum Gasteiger partial charge on any atom is -0.377 e. The molecule has 2 fully saturated rings. The van der Waals surface area contributed by atoms with Crippen LogP contribution in [0.25, 0.3) is 0 Å². The van der Waals surface area contributed by atoms with Crippen molar-refractivity contribution in [2.24, 2.45) is 0 Å². The maximum absolute atomic E-state index is 11.5. The molecule has 0 aliphatic carbocycles. The summed E-state index contributed by atoms with van der Waals surface area (Å²) in [4.78, 5) is 77.4. The molecule has 2 aliphatic heterocycles. The standard InChI is InChI=1S/C18H24N2O12/c21-13-1-2-14(22)19(13)31-17(25)11-29-9-7-27-5-6-28-8-10-30-12-18(26)32-20-15(23)3-4-16(20)24/h1-12H2. The highest BCUT2D eigenvalue weighted by molar-refractivity contribution is 6.02. The SMILES string of the molecule is O=C(COCCOCCOCCOCC(=O)ON1C(=O)CCC1=O)ON1C(=O)CCC1=O. The highest BCUT2D eigenvalue weighted by Gasteiger charge is 2.33. The number of hydroxylamine groups is 4. The first-order valence-electron chi connectivity index (χ1n) is 9.82. The fourth-order valence-electron chi connectivity index (χ4n) is 2.44. The maximum atomic E-state index is 11.5. The van der Waals surface area contributed by atoms with Gasteiger partial charge in [-0.25, -0.2) is 9.59 Å². The van der Waals surface area contributed by atoms with Crippen molar-refractivity contribution in [3.05, 3.63) is 0 Å². The number of imide groups is 2. The van der Waals surface area contributed by atoms with Crippen molar-refractivity contribution in [1.82, 2.24) is 10.1 Å². The summed E-state index contributed by atoms with van der Waals surface area (Å²) in [5.74, 6) is -3.97. The summed E-state index contributed by atoms with van der Waals surface area (Å²) in [6.45, 7) is 0.142. The van der Waals surface area contributed by atoms with Gasteiger partial charge in [0, 0.05) is 25.7 Å². The maximum Gasteiger partial charge on any atom is 0.358 e. The number of amides is 4. The molecule has 4 amide bonds. The van der Waals surface area contributed by atoms with E-state index in [9.17, 15) is 28.8 Å². The molecular weight excluding hydrogens is 436 g/mol. The Labute approximate surface area is 182 Å². The average molecular weight is 460 g/mol. The van der Waals surface area contributed by atoms with Gasteiger partial charge in [0.05, 0.1) is 39.6 Å². The lowest BCUT2D eigenvalue weighted by molar-refractivity contribution is -0.200. The van der Waals surface area contributed by atoms with E-state index < -0.39 is 48.8 Å². The fraction of sp³-hybridized carbons (Fsp3) is 0.667. The zero-order chi connectivity index (χ0) is 23.3. The molecule has 14 nitrogen and oxygen atoms in total. The molecule has 2 heterocycles. The number of carbonyl (C=O) groups is 6. The molecule has 2 rings (SSSR count). The Morgan fingerprint density at radius 2 is 0.812 bits per heavy atom. The van der Waals surface area contributed by atoms with Crippen LogP contribution in [0.2, 0.25) is 0 Å². The molecule has 2 saturated heterocycles. The van der Waals surface area contributed by atoms with E-state index in [1.54, 1.807) is 0 Å². The first kappa shape index (κ1) is 25.3. The Balaban J connectivity index is 1.35. The molecular formula is C18H24N2O12. The smallest absolute Gasteiger partial charge is 0.358 e. The lowest BCUT2D eigenvalue weighted by Crippen LogP contribution is -2.33. The summed E-state index contributed by atoms with van der Waals surface area (Å²) < 4.78 is 20.5. The van der Waals surface area contributed by atoms with Gasteiger partial charge in [-0.05, 0) is 0 Å². The first-order chi connectivity index (χ1) is 15.4. The summed E-state index contributed by atoms with van der Waals surface area (Å²) in [5, 5.41) is 0.892. The van der Waals surface area contributed by atoms with Crippen LogP contribution in [0.1, 0.15) is 25.7 Å². The summed E-state index contributed by atoms with van der Waals surface area (Å²) in [7, 11) is 0. The van der Waals surface area contributed by atoms with Crippen LogP contribution in [0.5, 0.6) is 0 Å². The molecule has 0 saturated carbocycles. The molecule has 0 atom stereocenters. The minimum atomic E-state index is -0.862. The third-order valence-electron chi connectivity index (χ3n) is 3.95. The van der Waals surface area contributed by atoms with Gasteiger partial charge in [-0.15, -0.1) is 10.1 Å². The summed E-state index contributed by atoms with van der Waals surface area (Å²) in [6, 6.07) is 0. The lowest BCUT2D eigenvalue weighted by atomic mass is 10.4. The Bertz CT molecular complexity index is 633. The molecule has 0 spiro atoms. The van der Waals surface area contributed by atoms with Crippen LogP contribution >= 0.6 is 0 Å². The van der Waals surface area contributed by atoms with Crippen molar-refractivity contribution in [3.63, 3.8) is 0 Å². The molecule has 0 unspecified atom stereocenters. The second kappa shape index (κ2) is 13.5. The Morgan fingerprint density at radius 1 is 0.531 bits per heavy atom. The molecule has 2 aliphatic rings. The van der Waals surface area contributed by atoms with E-state index in [2.05, 4.69) is 9.68 Å². The van der Waals surface area contributed by atoms with E-state index in [1.807, 2.05) is 0 Å². The third kappa shape index (κ3) is 8.66. The van der Waals surface area contributed by atoms with E-state index in [1.165, 1.54) is 0 Å². The number of hydrogen-bond donors (Lipinski definition) is 0. The summed E-state index contributed by atoms with van der Waals surface area (Å²) >= 11 is 0. The minimum absolute atomic E-state index is 0.0185. The van der Waals surface area contributed by atoms with Crippen LogP contribution in [0, 0.1) is 0 Å². The topological polar surface area (TPSA) is 164 Å². The van der Waals surface area contributed by atoms with E-state index in [0.29, 0.717) is 10.1 Å². The lowest BCUT2D eigenvalue weighted by Gasteiger charge is -2.12. The normalized spacial score (nSPS) is 16.2. The van der Waals surface area contributed by atoms with Gasteiger partial charge in [0.1, 0.15) is 13.2 Å². The highest BCUT2D eigenvalue weighted by atomic mass is 16.7. The van der Waals surface area contributed by atoms with Crippen LogP contribution in [0.15, 0.2) is 0 Å². The monoisotopic (exact) mass is 460 g/mol. The van der Waals surface area contributed by atoms with Gasteiger partial charge in [0.2, 0.25) is 0 Å². The molecule has 0 aromatic rings. The number of nitrogens with zero attached hydrogens (tertiary/aromatic N) is 2. The van der Waals surface area contributed by atoms with Crippen LogP contribution in [-0.4, -0.2) is 98.5 Å². The van der Waals surface area contributed by atoms with Gasteiger partial charge in [-0.2, -0.15) is 0 Å². The van der Waals surface area contributed by atoms with Gasteiger partial charge in [-0.3, -0.25) is 19.2 Å². The van der Waals surface area contributed by atoms with Crippen LogP contribution in [0.4, 0.5) is 0 Å². The Morgan fingerprint density at radius 3 is 1.12 bits per heavy atom. The molecule has 0 bridgehead atoms. The molecule has 0 N–H and O–H groups in total. The van der Waals surface area contributed by atoms with Crippen molar-refractivity contribution in [2.45, 2.75) is 25.7 Å². The number of carbonyl (C=O) groups excluding carboxylic acids is 6. The second-order valence-corrected chi connectivity index (χ2v) is 6.42. The largest absolute Gasteiger partial charge is 0.377 e. The van der Waals surface area contributed by atoms with Crippen LogP contribution in [0.3, 0.4) is 0 Å². The quantitative estimate of drug-likeness (QED) is 0.201. The molecule has 0 aromatic carbocycles. The van der Waals surface area contributed by atoms with E-state index in [0.717, 1.165) is 0 Å². The van der Waals surface area contributed by atoms with E-state index >= 15 is 0 Å². The Hall–Kier alpha value is -2.94. The van der Waals surface area contributed by atoms with Crippen LogP contribution < -0.4 is 0 Å². The van der Waals surface area contributed by atoms with Crippen molar-refractivity contribution >= 4 is 35.6 Å². The molecule has 0 radical (unpaired) electrons. The summed E-state index contributed by atoms with van der Waals surface area (Å²) in [5.41, 5.74) is 0. The number of hydrogen-bond acceptors (Lipinski definition) is 12. The number of rotatable bonds is 15. The van der Waals surface area contributed by atoms with Gasteiger partial charge in [0.15, 0.2) is 0 Å². The fourth-order valence-corrected chi connectivity index (χ4v) is 2.44.